The van der Waals surface area contributed by atoms with Crippen molar-refractivity contribution < 1.29 is 8.95 Å². The number of ether oxygens (including phenoxy) is 1. The van der Waals surface area contributed by atoms with Gasteiger partial charge in [-0.15, -0.1) is 11.3 Å². The molecular formula is C16H21NO2S2. The number of thiophene rings is 1. The number of benzene rings is 1. The average Bonchev–Trinajstić information content (AvgIpc) is 2.99. The number of hydrogen-bond donors (Lipinski definition) is 1. The molecule has 3 nitrogen and oxygen atoms in total. The zero-order valence-electron chi connectivity index (χ0n) is 12.6. The van der Waals surface area contributed by atoms with Gasteiger partial charge < -0.3 is 10.1 Å². The second-order valence-corrected chi connectivity index (χ2v) is 7.73. The second-order valence-electron chi connectivity index (χ2n) is 5.10. The van der Waals surface area contributed by atoms with E-state index in [-0.39, 0.29) is 0 Å². The maximum atomic E-state index is 12.4. The molecule has 0 aliphatic rings. The Morgan fingerprint density at radius 2 is 2.14 bits per heavy atom. The van der Waals surface area contributed by atoms with Crippen molar-refractivity contribution in [2.75, 3.05) is 7.11 Å². The van der Waals surface area contributed by atoms with Crippen molar-refractivity contribution in [1.29, 1.82) is 0 Å². The first-order valence-corrected chi connectivity index (χ1v) is 9.11. The maximum absolute atomic E-state index is 12.4. The first-order chi connectivity index (χ1) is 10.1. The normalized spacial score (nSPS) is 12.6. The zero-order valence-corrected chi connectivity index (χ0v) is 14.2. The molecule has 1 unspecified atom stereocenters. The third-order valence-electron chi connectivity index (χ3n) is 3.07. The average molecular weight is 323 g/mol. The van der Waals surface area contributed by atoms with Gasteiger partial charge in [-0.05, 0) is 29.1 Å². The quantitative estimate of drug-likeness (QED) is 0.846. The summed E-state index contributed by atoms with van der Waals surface area (Å²) in [5.74, 6) is 1.28. The number of methoxy groups -OCH3 is 1. The van der Waals surface area contributed by atoms with Crippen LogP contribution in [-0.2, 0) is 23.1 Å². The van der Waals surface area contributed by atoms with Gasteiger partial charge in [0.15, 0.2) is 0 Å². The van der Waals surface area contributed by atoms with Crippen LogP contribution in [0.4, 0.5) is 0 Å². The van der Waals surface area contributed by atoms with E-state index in [4.69, 9.17) is 4.74 Å². The van der Waals surface area contributed by atoms with Crippen LogP contribution >= 0.6 is 11.3 Å². The smallest absolute Gasteiger partial charge is 0.123 e. The zero-order chi connectivity index (χ0) is 15.2. The number of nitrogens with one attached hydrogen (secondary N) is 1. The van der Waals surface area contributed by atoms with Gasteiger partial charge in [-0.2, -0.15) is 0 Å². The Morgan fingerprint density at radius 3 is 2.76 bits per heavy atom. The first kappa shape index (κ1) is 16.2. The summed E-state index contributed by atoms with van der Waals surface area (Å²) < 4.78 is 18.7. The lowest BCUT2D eigenvalue weighted by atomic mass is 10.1. The Balaban J connectivity index is 2.15. The molecular weight excluding hydrogens is 302 g/mol. The minimum absolute atomic E-state index is 0.441. The van der Waals surface area contributed by atoms with E-state index < -0.39 is 10.8 Å². The summed E-state index contributed by atoms with van der Waals surface area (Å²) in [5.41, 5.74) is 2.18. The molecule has 0 spiro atoms. The van der Waals surface area contributed by atoms with Gasteiger partial charge in [0.2, 0.25) is 0 Å². The molecule has 21 heavy (non-hydrogen) atoms. The van der Waals surface area contributed by atoms with E-state index in [9.17, 15) is 4.21 Å². The second kappa shape index (κ2) is 7.73. The summed E-state index contributed by atoms with van der Waals surface area (Å²) in [7, 11) is 0.634. The third kappa shape index (κ3) is 4.66. The van der Waals surface area contributed by atoms with Crippen LogP contribution in [0.5, 0.6) is 5.75 Å². The van der Waals surface area contributed by atoms with Crippen molar-refractivity contribution in [1.82, 2.24) is 5.32 Å². The lowest BCUT2D eigenvalue weighted by Gasteiger charge is -2.12. The summed E-state index contributed by atoms with van der Waals surface area (Å²) in [4.78, 5) is 0. The molecule has 114 valence electrons. The molecule has 2 aromatic rings. The molecule has 0 saturated carbocycles. The van der Waals surface area contributed by atoms with Gasteiger partial charge in [0.25, 0.3) is 0 Å². The van der Waals surface area contributed by atoms with Crippen LogP contribution in [0.2, 0.25) is 0 Å². The van der Waals surface area contributed by atoms with Gasteiger partial charge in [0, 0.05) is 18.2 Å². The molecule has 1 heterocycles. The highest BCUT2D eigenvalue weighted by Gasteiger charge is 2.11. The van der Waals surface area contributed by atoms with E-state index in [1.54, 1.807) is 7.11 Å². The molecule has 0 aliphatic carbocycles. The van der Waals surface area contributed by atoms with Crippen molar-refractivity contribution >= 4 is 22.1 Å². The summed E-state index contributed by atoms with van der Waals surface area (Å²) in [6.45, 7) is 5.05. The van der Waals surface area contributed by atoms with E-state index in [1.807, 2.05) is 29.6 Å². The summed E-state index contributed by atoms with van der Waals surface area (Å²) in [5, 5.41) is 5.34. The van der Waals surface area contributed by atoms with E-state index in [0.717, 1.165) is 22.1 Å². The van der Waals surface area contributed by atoms with E-state index >= 15 is 0 Å². The number of rotatable bonds is 7. The van der Waals surface area contributed by atoms with Gasteiger partial charge in [0.05, 0.1) is 27.9 Å². The monoisotopic (exact) mass is 323 g/mol. The lowest BCUT2D eigenvalue weighted by molar-refractivity contribution is 0.411. The standard InChI is InChI=1S/C16H21NO2S2/c1-12(2)17-10-13-6-7-15(19-3)14(9-13)11-21(18)16-5-4-8-20-16/h4-9,12,17H,10-11H2,1-3H3. The third-order valence-corrected chi connectivity index (χ3v) is 5.73. The molecule has 0 saturated heterocycles. The Bertz CT molecular complexity index is 594. The van der Waals surface area contributed by atoms with Crippen molar-refractivity contribution in [2.24, 2.45) is 0 Å². The summed E-state index contributed by atoms with van der Waals surface area (Å²) >= 11 is 1.53. The topological polar surface area (TPSA) is 38.3 Å². The van der Waals surface area contributed by atoms with Crippen LogP contribution in [0.25, 0.3) is 0 Å². The molecule has 1 aromatic heterocycles. The van der Waals surface area contributed by atoms with Crippen LogP contribution in [0.15, 0.2) is 39.9 Å². The van der Waals surface area contributed by atoms with Crippen molar-refractivity contribution in [3.63, 3.8) is 0 Å². The van der Waals surface area contributed by atoms with Gasteiger partial charge in [-0.1, -0.05) is 26.0 Å². The predicted molar refractivity (Wildman–Crippen MR) is 89.4 cm³/mol. The van der Waals surface area contributed by atoms with Crippen molar-refractivity contribution in [3.05, 3.63) is 46.8 Å². The van der Waals surface area contributed by atoms with Crippen LogP contribution in [0.1, 0.15) is 25.0 Å². The van der Waals surface area contributed by atoms with E-state index in [2.05, 4.69) is 25.2 Å². The SMILES string of the molecule is COc1ccc(CNC(C)C)cc1CS(=O)c1cccs1. The van der Waals surface area contributed by atoms with E-state index in [0.29, 0.717) is 11.8 Å². The van der Waals surface area contributed by atoms with Gasteiger partial charge >= 0.3 is 0 Å². The van der Waals surface area contributed by atoms with Gasteiger partial charge in [0.1, 0.15) is 5.75 Å². The van der Waals surface area contributed by atoms with Crippen LogP contribution in [-0.4, -0.2) is 17.4 Å². The maximum Gasteiger partial charge on any atom is 0.123 e. The minimum Gasteiger partial charge on any atom is -0.496 e. The fourth-order valence-electron chi connectivity index (χ4n) is 1.98. The summed E-state index contributed by atoms with van der Waals surface area (Å²) in [6, 6.07) is 10.4. The van der Waals surface area contributed by atoms with E-state index in [1.165, 1.54) is 16.9 Å². The Hall–Kier alpha value is -1.17. The first-order valence-electron chi connectivity index (χ1n) is 6.91. The highest BCUT2D eigenvalue weighted by Crippen LogP contribution is 2.25. The van der Waals surface area contributed by atoms with Gasteiger partial charge in [-0.25, -0.2) is 0 Å². The molecule has 0 fully saturated rings. The molecule has 5 heteroatoms. The molecule has 1 N–H and O–H groups in total. The van der Waals surface area contributed by atoms with Crippen molar-refractivity contribution in [2.45, 2.75) is 36.4 Å². The molecule has 0 radical (unpaired) electrons. The molecule has 1 atom stereocenters. The molecule has 1 aromatic carbocycles. The highest BCUT2D eigenvalue weighted by atomic mass is 32.2. The Kier molecular flexibility index (Phi) is 5.96. The van der Waals surface area contributed by atoms with Crippen LogP contribution in [0, 0.1) is 0 Å². The van der Waals surface area contributed by atoms with Crippen molar-refractivity contribution in [3.8, 4) is 5.75 Å². The van der Waals surface area contributed by atoms with Crippen LogP contribution in [0.3, 0.4) is 0 Å². The molecule has 0 bridgehead atoms. The van der Waals surface area contributed by atoms with Crippen LogP contribution < -0.4 is 10.1 Å². The Morgan fingerprint density at radius 1 is 1.33 bits per heavy atom. The fraction of sp³-hybridized carbons (Fsp3) is 0.375. The van der Waals surface area contributed by atoms with Gasteiger partial charge in [-0.3, -0.25) is 4.21 Å². The Labute approximate surface area is 132 Å². The fourth-order valence-corrected chi connectivity index (χ4v) is 4.08. The lowest BCUT2D eigenvalue weighted by Crippen LogP contribution is -2.21. The molecule has 0 aliphatic heterocycles. The minimum atomic E-state index is -1.02. The summed E-state index contributed by atoms with van der Waals surface area (Å²) in [6.07, 6.45) is 0. The predicted octanol–water partition coefficient (Wildman–Crippen LogP) is 3.56. The largest absolute Gasteiger partial charge is 0.496 e. The molecule has 2 rings (SSSR count). The number of hydrogen-bond acceptors (Lipinski definition) is 4. The highest BCUT2D eigenvalue weighted by molar-refractivity contribution is 7.86. The molecule has 0 amide bonds.